The minimum atomic E-state index is -4.40. The third-order valence-corrected chi connectivity index (χ3v) is 2.35. The van der Waals surface area contributed by atoms with Gasteiger partial charge in [0, 0.05) is 18.5 Å². The van der Waals surface area contributed by atoms with Crippen molar-refractivity contribution in [3.8, 4) is 0 Å². The summed E-state index contributed by atoms with van der Waals surface area (Å²) in [6, 6.07) is 0. The van der Waals surface area contributed by atoms with Crippen molar-refractivity contribution in [2.75, 3.05) is 13.1 Å². The molecule has 3 N–H and O–H groups in total. The van der Waals surface area contributed by atoms with Gasteiger partial charge >= 0.3 is 12.4 Å². The molecule has 0 rings (SSSR count). The first-order chi connectivity index (χ1) is 7.47. The van der Waals surface area contributed by atoms with E-state index in [1.165, 1.54) is 6.92 Å². The summed E-state index contributed by atoms with van der Waals surface area (Å²) in [5, 5.41) is 2.15. The Bertz CT molecular complexity index is 225. The molecular formula is C9H16F6N2. The molecule has 0 fully saturated rings. The van der Waals surface area contributed by atoms with Crippen LogP contribution in [0.3, 0.4) is 0 Å². The van der Waals surface area contributed by atoms with Crippen LogP contribution in [0.5, 0.6) is 0 Å². The zero-order chi connectivity index (χ0) is 13.7. The maximum absolute atomic E-state index is 12.0. The minimum absolute atomic E-state index is 0.0565. The van der Waals surface area contributed by atoms with Gasteiger partial charge in [-0.3, -0.25) is 0 Å². The number of alkyl halides is 6. The van der Waals surface area contributed by atoms with Gasteiger partial charge in [0.15, 0.2) is 0 Å². The van der Waals surface area contributed by atoms with Crippen LogP contribution in [0.1, 0.15) is 26.2 Å². The summed E-state index contributed by atoms with van der Waals surface area (Å²) in [6.45, 7) is -0.0250. The molecule has 104 valence electrons. The average Bonchev–Trinajstić information content (AvgIpc) is 2.12. The van der Waals surface area contributed by atoms with Crippen molar-refractivity contribution in [1.82, 2.24) is 5.32 Å². The highest BCUT2D eigenvalue weighted by Gasteiger charge is 2.33. The lowest BCUT2D eigenvalue weighted by molar-refractivity contribution is -0.138. The maximum Gasteiger partial charge on any atom is 0.401 e. The second-order valence-corrected chi connectivity index (χ2v) is 4.20. The highest BCUT2D eigenvalue weighted by molar-refractivity contribution is 4.85. The Balaban J connectivity index is 4.10. The van der Waals surface area contributed by atoms with Crippen LogP contribution in [0.25, 0.3) is 0 Å². The number of nitrogens with two attached hydrogens (primary N) is 1. The summed E-state index contributed by atoms with van der Waals surface area (Å²) in [6.07, 6.45) is -10.0. The van der Waals surface area contributed by atoms with E-state index in [0.717, 1.165) is 0 Å². The normalized spacial score (nSPS) is 16.9. The van der Waals surface area contributed by atoms with Gasteiger partial charge < -0.3 is 11.1 Å². The Morgan fingerprint density at radius 3 is 1.82 bits per heavy atom. The van der Waals surface area contributed by atoms with Gasteiger partial charge in [0.05, 0.1) is 6.54 Å². The van der Waals surface area contributed by atoms with E-state index in [1.807, 2.05) is 0 Å². The molecule has 2 nitrogen and oxygen atoms in total. The Kier molecular flexibility index (Phi) is 5.73. The van der Waals surface area contributed by atoms with Gasteiger partial charge in [-0.05, 0) is 19.8 Å². The first-order valence-corrected chi connectivity index (χ1v) is 5.06. The monoisotopic (exact) mass is 266 g/mol. The molecule has 0 amide bonds. The van der Waals surface area contributed by atoms with Crippen LogP contribution in [-0.2, 0) is 0 Å². The van der Waals surface area contributed by atoms with Crippen LogP contribution < -0.4 is 11.1 Å². The molecule has 0 bridgehead atoms. The lowest BCUT2D eigenvalue weighted by atomic mass is 9.94. The molecule has 0 aromatic heterocycles. The van der Waals surface area contributed by atoms with Crippen molar-refractivity contribution in [3.63, 3.8) is 0 Å². The third-order valence-electron chi connectivity index (χ3n) is 2.35. The van der Waals surface area contributed by atoms with E-state index in [2.05, 4.69) is 5.32 Å². The fourth-order valence-electron chi connectivity index (χ4n) is 1.26. The first kappa shape index (κ1) is 16.5. The Morgan fingerprint density at radius 1 is 0.941 bits per heavy atom. The van der Waals surface area contributed by atoms with Gasteiger partial charge in [-0.1, -0.05) is 0 Å². The SMILES string of the molecule is CC(CN)(CCCC(F)(F)F)NCC(F)(F)F. The molecule has 1 unspecified atom stereocenters. The topological polar surface area (TPSA) is 38.0 Å². The Labute approximate surface area is 95.5 Å². The summed E-state index contributed by atoms with van der Waals surface area (Å²) in [7, 11) is 0. The average molecular weight is 266 g/mol. The van der Waals surface area contributed by atoms with E-state index >= 15 is 0 Å². The largest absolute Gasteiger partial charge is 0.401 e. The zero-order valence-corrected chi connectivity index (χ0v) is 9.38. The van der Waals surface area contributed by atoms with E-state index in [4.69, 9.17) is 5.73 Å². The lowest BCUT2D eigenvalue weighted by Crippen LogP contribution is -2.51. The van der Waals surface area contributed by atoms with Crippen molar-refractivity contribution in [3.05, 3.63) is 0 Å². The molecule has 0 aromatic carbocycles. The van der Waals surface area contributed by atoms with Gasteiger partial charge in [-0.2, -0.15) is 26.3 Å². The van der Waals surface area contributed by atoms with E-state index in [1.54, 1.807) is 0 Å². The molecule has 0 saturated carbocycles. The fraction of sp³-hybridized carbons (Fsp3) is 1.00. The van der Waals surface area contributed by atoms with Crippen LogP contribution in [0.15, 0.2) is 0 Å². The van der Waals surface area contributed by atoms with Gasteiger partial charge in [0.1, 0.15) is 0 Å². The second-order valence-electron chi connectivity index (χ2n) is 4.20. The minimum Gasteiger partial charge on any atom is -0.329 e. The molecule has 0 saturated heterocycles. The number of nitrogens with one attached hydrogen (secondary N) is 1. The van der Waals surface area contributed by atoms with E-state index in [0.29, 0.717) is 0 Å². The number of hydrogen-bond donors (Lipinski definition) is 2. The van der Waals surface area contributed by atoms with Crippen molar-refractivity contribution in [1.29, 1.82) is 0 Å². The summed E-state index contributed by atoms with van der Waals surface area (Å²) in [5.41, 5.74) is 4.15. The molecule has 0 radical (unpaired) electrons. The number of hydrogen-bond acceptors (Lipinski definition) is 2. The summed E-state index contributed by atoms with van der Waals surface area (Å²) >= 11 is 0. The van der Waals surface area contributed by atoms with Gasteiger partial charge in [0.25, 0.3) is 0 Å². The van der Waals surface area contributed by atoms with Crippen LogP contribution in [0, 0.1) is 0 Å². The molecule has 1 atom stereocenters. The molecule has 8 heteroatoms. The molecule has 0 aliphatic rings. The predicted molar refractivity (Wildman–Crippen MR) is 51.4 cm³/mol. The van der Waals surface area contributed by atoms with Crippen LogP contribution in [0.4, 0.5) is 26.3 Å². The molecule has 0 aromatic rings. The second kappa shape index (κ2) is 5.90. The highest BCUT2D eigenvalue weighted by Crippen LogP contribution is 2.25. The van der Waals surface area contributed by atoms with Gasteiger partial charge in [-0.15, -0.1) is 0 Å². The number of rotatable bonds is 6. The summed E-state index contributed by atoms with van der Waals surface area (Å²) in [5.74, 6) is 0. The smallest absolute Gasteiger partial charge is 0.329 e. The van der Waals surface area contributed by atoms with Crippen molar-refractivity contribution < 1.29 is 26.3 Å². The van der Waals surface area contributed by atoms with E-state index in [9.17, 15) is 26.3 Å². The Hall–Kier alpha value is -0.500. The standard InChI is InChI=1S/C9H16F6N2/c1-7(5-16,17-6-9(13,14)15)3-2-4-8(10,11)12/h17H,2-6,16H2,1H3. The molecule has 17 heavy (non-hydrogen) atoms. The fourth-order valence-corrected chi connectivity index (χ4v) is 1.26. The summed E-state index contributed by atoms with van der Waals surface area (Å²) in [4.78, 5) is 0. The van der Waals surface area contributed by atoms with Crippen molar-refractivity contribution in [2.45, 2.75) is 44.1 Å². The third kappa shape index (κ3) is 9.22. The molecule has 0 spiro atoms. The maximum atomic E-state index is 12.0. The van der Waals surface area contributed by atoms with Crippen LogP contribution >= 0.6 is 0 Å². The van der Waals surface area contributed by atoms with Gasteiger partial charge in [0.2, 0.25) is 0 Å². The van der Waals surface area contributed by atoms with E-state index < -0.39 is 30.9 Å². The lowest BCUT2D eigenvalue weighted by Gasteiger charge is -2.30. The number of halogens is 6. The van der Waals surface area contributed by atoms with Crippen molar-refractivity contribution in [2.24, 2.45) is 5.73 Å². The molecular weight excluding hydrogens is 250 g/mol. The van der Waals surface area contributed by atoms with Crippen LogP contribution in [0.2, 0.25) is 0 Å². The molecule has 0 aliphatic carbocycles. The molecule has 0 heterocycles. The van der Waals surface area contributed by atoms with Crippen molar-refractivity contribution >= 4 is 0 Å². The first-order valence-electron chi connectivity index (χ1n) is 5.06. The highest BCUT2D eigenvalue weighted by atomic mass is 19.4. The van der Waals surface area contributed by atoms with E-state index in [-0.39, 0.29) is 19.4 Å². The van der Waals surface area contributed by atoms with Crippen LogP contribution in [-0.4, -0.2) is 31.0 Å². The zero-order valence-electron chi connectivity index (χ0n) is 9.38. The quantitative estimate of drug-likeness (QED) is 0.725. The van der Waals surface area contributed by atoms with Gasteiger partial charge in [-0.25, -0.2) is 0 Å². The Morgan fingerprint density at radius 2 is 1.47 bits per heavy atom. The molecule has 0 aliphatic heterocycles. The summed E-state index contributed by atoms with van der Waals surface area (Å²) < 4.78 is 71.5. The predicted octanol–water partition coefficient (Wildman–Crippen LogP) is 2.59.